The fourth-order valence-corrected chi connectivity index (χ4v) is 0. The Kier molecular flexibility index (Phi) is 27.2. The number of hydrogen-bond donors (Lipinski definition) is 3. The smallest absolute Gasteiger partial charge is 1.00 e. The summed E-state index contributed by atoms with van der Waals surface area (Å²) in [4.78, 5) is 9.25. The Morgan fingerprint density at radius 2 is 1.70 bits per heavy atom. The zero-order chi connectivity index (χ0) is 7.70. The fourth-order valence-electron chi connectivity index (χ4n) is 0. The molecule has 0 heterocycles. The molecule has 0 bridgehead atoms. The van der Waals surface area contributed by atoms with Crippen LogP contribution in [0.25, 0.3) is 0 Å². The van der Waals surface area contributed by atoms with E-state index in [0.29, 0.717) is 0 Å². The van der Waals surface area contributed by atoms with Crippen LogP contribution in [-0.4, -0.2) is 72.2 Å². The number of aliphatic hydroxyl groups is 2. The Morgan fingerprint density at radius 3 is 1.70 bits per heavy atom. The molecule has 0 aliphatic heterocycles. The molecule has 4 nitrogen and oxygen atoms in total. The van der Waals surface area contributed by atoms with E-state index in [2.05, 4.69) is 6.58 Å². The Labute approximate surface area is 92.1 Å². The molecule has 0 rings (SSSR count). The topological polar surface area (TPSA) is 77.8 Å². The van der Waals surface area contributed by atoms with E-state index in [1.54, 1.807) is 0 Å². The molecule has 0 saturated carbocycles. The maximum atomic E-state index is 9.25. The summed E-state index contributed by atoms with van der Waals surface area (Å²) in [7, 11) is 0. The average Bonchev–Trinajstić information content (AvgIpc) is 1.89. The van der Waals surface area contributed by atoms with Crippen LogP contribution in [-0.2, 0) is 4.79 Å². The SMILES string of the molecule is C=CC(=O)O.OCCO.[Ca+2].[H-].[H-]. The van der Waals surface area contributed by atoms with Gasteiger partial charge in [0, 0.05) is 6.08 Å². The van der Waals surface area contributed by atoms with Gasteiger partial charge in [0.1, 0.15) is 0 Å². The molecule has 0 unspecified atom stereocenters. The number of carboxylic acids is 1. The van der Waals surface area contributed by atoms with Crippen molar-refractivity contribution >= 4 is 43.7 Å². The normalized spacial score (nSPS) is 6.20. The molecule has 0 aliphatic rings. The Hall–Kier alpha value is 0.390. The zero-order valence-electron chi connectivity index (χ0n) is 7.66. The van der Waals surface area contributed by atoms with E-state index < -0.39 is 5.97 Å². The summed E-state index contributed by atoms with van der Waals surface area (Å²) in [6.07, 6.45) is 0.833. The average molecular weight is 176 g/mol. The third-order valence-corrected chi connectivity index (χ3v) is 0.275. The van der Waals surface area contributed by atoms with Crippen molar-refractivity contribution < 1.29 is 23.0 Å². The minimum absolute atomic E-state index is 0. The van der Waals surface area contributed by atoms with Gasteiger partial charge in [0.15, 0.2) is 0 Å². The van der Waals surface area contributed by atoms with Crippen LogP contribution in [0.1, 0.15) is 2.85 Å². The minimum Gasteiger partial charge on any atom is -1.00 e. The van der Waals surface area contributed by atoms with Crippen molar-refractivity contribution in [1.82, 2.24) is 0 Å². The third-order valence-electron chi connectivity index (χ3n) is 0.275. The quantitative estimate of drug-likeness (QED) is 0.375. The first-order valence-electron chi connectivity index (χ1n) is 2.26. The number of carbonyl (C=O) groups is 1. The molecule has 58 valence electrons. The Bertz CT molecular complexity index is 89.5. The Balaban J connectivity index is -0.0000000221. The van der Waals surface area contributed by atoms with Gasteiger partial charge in [-0.3, -0.25) is 0 Å². The first-order chi connectivity index (χ1) is 4.18. The molecule has 0 spiro atoms. The Morgan fingerprint density at radius 1 is 1.50 bits per heavy atom. The van der Waals surface area contributed by atoms with E-state index in [9.17, 15) is 4.79 Å². The number of hydrogen-bond acceptors (Lipinski definition) is 3. The van der Waals surface area contributed by atoms with E-state index in [4.69, 9.17) is 15.3 Å². The van der Waals surface area contributed by atoms with Gasteiger partial charge in [0.25, 0.3) is 0 Å². The van der Waals surface area contributed by atoms with Gasteiger partial charge in [0.2, 0.25) is 0 Å². The summed E-state index contributed by atoms with van der Waals surface area (Å²) in [5.41, 5.74) is 0. The second-order valence-electron chi connectivity index (χ2n) is 0.990. The molecule has 0 radical (unpaired) electrons. The molecule has 0 aromatic heterocycles. The zero-order valence-corrected chi connectivity index (χ0v) is 7.86. The van der Waals surface area contributed by atoms with E-state index >= 15 is 0 Å². The van der Waals surface area contributed by atoms with Crippen molar-refractivity contribution in [3.8, 4) is 0 Å². The molecule has 0 aliphatic carbocycles. The molecule has 0 saturated heterocycles. The maximum Gasteiger partial charge on any atom is 2.00 e. The monoisotopic (exact) mass is 176 g/mol. The van der Waals surface area contributed by atoms with Crippen LogP contribution in [0.2, 0.25) is 0 Å². The molecule has 3 N–H and O–H groups in total. The van der Waals surface area contributed by atoms with Crippen molar-refractivity contribution in [1.29, 1.82) is 0 Å². The summed E-state index contributed by atoms with van der Waals surface area (Å²) in [5, 5.41) is 22.9. The van der Waals surface area contributed by atoms with Gasteiger partial charge in [-0.2, -0.15) is 0 Å². The van der Waals surface area contributed by atoms with Gasteiger partial charge >= 0.3 is 43.7 Å². The summed E-state index contributed by atoms with van der Waals surface area (Å²) >= 11 is 0. The molecular weight excluding hydrogens is 164 g/mol. The van der Waals surface area contributed by atoms with Crippen molar-refractivity contribution in [2.24, 2.45) is 0 Å². The summed E-state index contributed by atoms with van der Waals surface area (Å²) in [6.45, 7) is 2.71. The fraction of sp³-hybridized carbons (Fsp3) is 0.400. The van der Waals surface area contributed by atoms with E-state index in [-0.39, 0.29) is 53.8 Å². The predicted octanol–water partition coefficient (Wildman–Crippen LogP) is -0.928. The maximum absolute atomic E-state index is 9.25. The molecule has 5 heteroatoms. The molecule has 0 aromatic rings. The van der Waals surface area contributed by atoms with E-state index in [1.165, 1.54) is 0 Å². The molecule has 0 atom stereocenters. The number of aliphatic carboxylic acids is 1. The second-order valence-corrected chi connectivity index (χ2v) is 0.990. The van der Waals surface area contributed by atoms with Crippen molar-refractivity contribution in [3.05, 3.63) is 12.7 Å². The molecule has 0 amide bonds. The van der Waals surface area contributed by atoms with Crippen LogP contribution in [0.5, 0.6) is 0 Å². The van der Waals surface area contributed by atoms with Gasteiger partial charge in [-0.25, -0.2) is 4.79 Å². The van der Waals surface area contributed by atoms with Crippen LogP contribution in [0, 0.1) is 0 Å². The van der Waals surface area contributed by atoms with Crippen LogP contribution < -0.4 is 0 Å². The van der Waals surface area contributed by atoms with Crippen LogP contribution in [0.4, 0.5) is 0 Å². The summed E-state index contributed by atoms with van der Waals surface area (Å²) in [6, 6.07) is 0. The van der Waals surface area contributed by atoms with E-state index in [1.807, 2.05) is 0 Å². The first kappa shape index (κ1) is 16.8. The first-order valence-corrected chi connectivity index (χ1v) is 2.26. The predicted molar refractivity (Wildman–Crippen MR) is 40.0 cm³/mol. The van der Waals surface area contributed by atoms with Gasteiger partial charge < -0.3 is 18.2 Å². The largest absolute Gasteiger partial charge is 2.00 e. The molecule has 10 heavy (non-hydrogen) atoms. The van der Waals surface area contributed by atoms with Crippen molar-refractivity contribution in [3.63, 3.8) is 0 Å². The van der Waals surface area contributed by atoms with Gasteiger partial charge in [0.05, 0.1) is 13.2 Å². The molecule has 0 aromatic carbocycles. The number of aliphatic hydroxyl groups excluding tert-OH is 2. The van der Waals surface area contributed by atoms with Crippen LogP contribution in [0.3, 0.4) is 0 Å². The van der Waals surface area contributed by atoms with Crippen LogP contribution >= 0.6 is 0 Å². The number of rotatable bonds is 2. The number of carboxylic acid groups (broad SMARTS) is 1. The minimum atomic E-state index is -0.981. The van der Waals surface area contributed by atoms with Gasteiger partial charge in [-0.05, 0) is 0 Å². The summed E-state index contributed by atoms with van der Waals surface area (Å²) in [5.74, 6) is -0.981. The molecule has 0 fully saturated rings. The van der Waals surface area contributed by atoms with E-state index in [0.717, 1.165) is 6.08 Å². The summed E-state index contributed by atoms with van der Waals surface area (Å²) < 4.78 is 0. The third kappa shape index (κ3) is 39.9. The van der Waals surface area contributed by atoms with Crippen molar-refractivity contribution in [2.45, 2.75) is 0 Å². The molecular formula is C5H12CaO4. The second kappa shape index (κ2) is 16.2. The standard InChI is InChI=1S/C3H4O2.C2H6O2.Ca.2H/c1-2-3(4)5;3-1-2-4;;;/h2H,1H2,(H,4,5);3-4H,1-2H2;;;/q;;+2;2*-1. The van der Waals surface area contributed by atoms with Crippen molar-refractivity contribution in [2.75, 3.05) is 13.2 Å². The van der Waals surface area contributed by atoms with Gasteiger partial charge in [-0.15, -0.1) is 0 Å². The van der Waals surface area contributed by atoms with Gasteiger partial charge in [-0.1, -0.05) is 6.58 Å². The van der Waals surface area contributed by atoms with Crippen LogP contribution in [0.15, 0.2) is 12.7 Å².